The van der Waals surface area contributed by atoms with Crippen LogP contribution >= 0.6 is 11.8 Å². The van der Waals surface area contributed by atoms with Crippen molar-refractivity contribution in [1.82, 2.24) is 0 Å². The Labute approximate surface area is 156 Å². The molecule has 0 radical (unpaired) electrons. The van der Waals surface area contributed by atoms with E-state index in [4.69, 9.17) is 9.84 Å². The summed E-state index contributed by atoms with van der Waals surface area (Å²) in [6.07, 6.45) is 10.1. The van der Waals surface area contributed by atoms with E-state index in [2.05, 4.69) is 26.8 Å². The second-order valence-electron chi connectivity index (χ2n) is 8.17. The van der Waals surface area contributed by atoms with E-state index in [1.165, 1.54) is 0 Å². The van der Waals surface area contributed by atoms with Gasteiger partial charge in [0.05, 0.1) is 24.7 Å². The first-order valence-electron chi connectivity index (χ1n) is 9.66. The highest BCUT2D eigenvalue weighted by Crippen LogP contribution is 2.45. The van der Waals surface area contributed by atoms with Crippen molar-refractivity contribution in [3.05, 3.63) is 12.2 Å². The molecule has 2 aliphatic rings. The molecule has 25 heavy (non-hydrogen) atoms. The molecule has 2 rings (SSSR count). The van der Waals surface area contributed by atoms with Crippen LogP contribution in [0.1, 0.15) is 59.3 Å². The van der Waals surface area contributed by atoms with Gasteiger partial charge in [-0.25, -0.2) is 0 Å². The van der Waals surface area contributed by atoms with Crippen molar-refractivity contribution in [2.45, 2.75) is 77.6 Å². The normalized spacial score (nSPS) is 30.2. The highest BCUT2D eigenvalue weighted by Gasteiger charge is 2.47. The molecule has 0 saturated carbocycles. The summed E-state index contributed by atoms with van der Waals surface area (Å²) < 4.78 is 6.10. The first kappa shape index (κ1) is 20.8. The van der Waals surface area contributed by atoms with Gasteiger partial charge >= 0.3 is 5.97 Å². The zero-order valence-corrected chi connectivity index (χ0v) is 16.6. The molecule has 0 aromatic rings. The molecule has 2 aliphatic heterocycles. The highest BCUT2D eigenvalue weighted by atomic mass is 32.2. The number of ether oxygens (including phenoxy) is 1. The summed E-state index contributed by atoms with van der Waals surface area (Å²) in [7, 11) is 0. The first-order valence-corrected chi connectivity index (χ1v) is 10.8. The zero-order valence-electron chi connectivity index (χ0n) is 15.8. The average molecular weight is 371 g/mol. The van der Waals surface area contributed by atoms with Gasteiger partial charge in [-0.15, -0.1) is 0 Å². The molecule has 4 nitrogen and oxygen atoms in total. The van der Waals surface area contributed by atoms with E-state index in [1.807, 2.05) is 6.08 Å². The Bertz CT molecular complexity index is 463. The summed E-state index contributed by atoms with van der Waals surface area (Å²) in [4.78, 5) is 10.7. The molecule has 2 fully saturated rings. The summed E-state index contributed by atoms with van der Waals surface area (Å²) in [5.74, 6) is 1.67. The predicted molar refractivity (Wildman–Crippen MR) is 103 cm³/mol. The lowest BCUT2D eigenvalue weighted by Crippen LogP contribution is -2.30. The van der Waals surface area contributed by atoms with Crippen LogP contribution in [-0.4, -0.2) is 46.0 Å². The van der Waals surface area contributed by atoms with E-state index in [0.29, 0.717) is 23.7 Å². The molecule has 0 aromatic carbocycles. The lowest BCUT2D eigenvalue weighted by Gasteiger charge is -2.30. The Balaban J connectivity index is 1.90. The maximum atomic E-state index is 10.7. The van der Waals surface area contributed by atoms with Crippen molar-refractivity contribution < 1.29 is 19.7 Å². The van der Waals surface area contributed by atoms with Gasteiger partial charge in [-0.1, -0.05) is 45.8 Å². The molecule has 1 unspecified atom stereocenters. The number of fused-ring (bicyclic) bond motifs is 2. The van der Waals surface area contributed by atoms with Crippen molar-refractivity contribution in [3.63, 3.8) is 0 Å². The van der Waals surface area contributed by atoms with Crippen molar-refractivity contribution in [1.29, 1.82) is 0 Å². The van der Waals surface area contributed by atoms with Gasteiger partial charge in [0.1, 0.15) is 0 Å². The van der Waals surface area contributed by atoms with E-state index < -0.39 is 12.1 Å². The minimum Gasteiger partial charge on any atom is -0.481 e. The molecule has 2 bridgehead atoms. The number of hydrogen-bond acceptors (Lipinski definition) is 4. The fourth-order valence-electron chi connectivity index (χ4n) is 3.95. The number of unbranched alkanes of at least 4 members (excludes halogenated alkanes) is 1. The SMILES string of the molecule is CCCCC(C)(C)C(O)/C=C/[C@@H]1[C@H](CSCCC(=O)O)[C@@H]2CC[C@H]1O2. The quantitative estimate of drug-likeness (QED) is 0.423. The Morgan fingerprint density at radius 2 is 2.08 bits per heavy atom. The largest absolute Gasteiger partial charge is 0.481 e. The van der Waals surface area contributed by atoms with Gasteiger partial charge < -0.3 is 14.9 Å². The third kappa shape index (κ3) is 5.73. The van der Waals surface area contributed by atoms with Crippen LogP contribution in [0.4, 0.5) is 0 Å². The van der Waals surface area contributed by atoms with Gasteiger partial charge in [-0.05, 0) is 30.4 Å². The van der Waals surface area contributed by atoms with Gasteiger partial charge in [0.25, 0.3) is 0 Å². The van der Waals surface area contributed by atoms with Crippen molar-refractivity contribution in [3.8, 4) is 0 Å². The summed E-state index contributed by atoms with van der Waals surface area (Å²) in [6, 6.07) is 0. The number of hydrogen-bond donors (Lipinski definition) is 2. The van der Waals surface area contributed by atoms with E-state index >= 15 is 0 Å². The van der Waals surface area contributed by atoms with Crippen LogP contribution in [-0.2, 0) is 9.53 Å². The third-order valence-corrected chi connectivity index (χ3v) is 6.86. The fourth-order valence-corrected chi connectivity index (χ4v) is 5.14. The van der Waals surface area contributed by atoms with Crippen molar-refractivity contribution >= 4 is 17.7 Å². The molecule has 2 N–H and O–H groups in total. The molecule has 0 aromatic heterocycles. The number of aliphatic carboxylic acids is 1. The van der Waals surface area contributed by atoms with E-state index in [1.54, 1.807) is 11.8 Å². The van der Waals surface area contributed by atoms with Crippen molar-refractivity contribution in [2.24, 2.45) is 17.3 Å². The summed E-state index contributed by atoms with van der Waals surface area (Å²) in [5.41, 5.74) is -0.100. The fraction of sp³-hybridized carbons (Fsp3) is 0.850. The maximum Gasteiger partial charge on any atom is 0.304 e. The summed E-state index contributed by atoms with van der Waals surface area (Å²) in [6.45, 7) is 6.44. The highest BCUT2D eigenvalue weighted by molar-refractivity contribution is 7.99. The molecule has 0 aliphatic carbocycles. The van der Waals surface area contributed by atoms with Crippen LogP contribution in [0.5, 0.6) is 0 Å². The van der Waals surface area contributed by atoms with Gasteiger partial charge in [-0.2, -0.15) is 11.8 Å². The van der Waals surface area contributed by atoms with Crippen LogP contribution in [0.25, 0.3) is 0 Å². The van der Waals surface area contributed by atoms with Crippen LogP contribution < -0.4 is 0 Å². The van der Waals surface area contributed by atoms with Crippen LogP contribution in [0.3, 0.4) is 0 Å². The summed E-state index contributed by atoms with van der Waals surface area (Å²) >= 11 is 1.72. The van der Waals surface area contributed by atoms with Crippen LogP contribution in [0.15, 0.2) is 12.2 Å². The molecular weight excluding hydrogens is 336 g/mol. The summed E-state index contributed by atoms with van der Waals surface area (Å²) in [5, 5.41) is 19.4. The number of carboxylic acids is 1. The number of aliphatic hydroxyl groups excluding tert-OH is 1. The maximum absolute atomic E-state index is 10.7. The van der Waals surface area contributed by atoms with Gasteiger partial charge in [0.15, 0.2) is 0 Å². The topological polar surface area (TPSA) is 66.8 Å². The monoisotopic (exact) mass is 370 g/mol. The Morgan fingerprint density at radius 1 is 1.36 bits per heavy atom. The molecule has 5 heteroatoms. The minimum absolute atomic E-state index is 0.100. The van der Waals surface area contributed by atoms with Gasteiger partial charge in [-0.3, -0.25) is 4.79 Å². The van der Waals surface area contributed by atoms with Crippen LogP contribution in [0.2, 0.25) is 0 Å². The molecule has 5 atom stereocenters. The molecule has 2 saturated heterocycles. The molecule has 2 heterocycles. The third-order valence-electron chi connectivity index (χ3n) is 5.75. The Morgan fingerprint density at radius 3 is 2.76 bits per heavy atom. The van der Waals surface area contributed by atoms with Gasteiger partial charge in [0.2, 0.25) is 0 Å². The lowest BCUT2D eigenvalue weighted by molar-refractivity contribution is -0.136. The van der Waals surface area contributed by atoms with E-state index in [-0.39, 0.29) is 17.9 Å². The molecule has 144 valence electrons. The van der Waals surface area contributed by atoms with Gasteiger partial charge in [0, 0.05) is 17.6 Å². The zero-order chi connectivity index (χ0) is 18.4. The Hall–Kier alpha value is -0.520. The number of carbonyl (C=O) groups is 1. The number of aliphatic hydroxyl groups is 1. The number of thioether (sulfide) groups is 1. The Kier molecular flexibility index (Phi) is 7.84. The predicted octanol–water partition coefficient (Wildman–Crippen LogP) is 4.12. The second kappa shape index (κ2) is 9.43. The average Bonchev–Trinajstić information content (AvgIpc) is 3.16. The lowest BCUT2D eigenvalue weighted by atomic mass is 9.78. The number of carboxylic acid groups (broad SMARTS) is 1. The van der Waals surface area contributed by atoms with Crippen LogP contribution in [0, 0.1) is 17.3 Å². The second-order valence-corrected chi connectivity index (χ2v) is 9.32. The molecular formula is C20H34O4S. The first-order chi connectivity index (χ1) is 11.8. The molecule has 0 amide bonds. The minimum atomic E-state index is -0.731. The number of rotatable bonds is 11. The van der Waals surface area contributed by atoms with Crippen molar-refractivity contribution in [2.75, 3.05) is 11.5 Å². The standard InChI is InChI=1S/C20H34O4S/c1-4-5-11-20(2,3)18(21)9-6-14-15(13-25-12-10-19(22)23)17-8-7-16(14)24-17/h6,9,14-18,21H,4-5,7-8,10-13H2,1-3H3,(H,22,23)/b9-6+/t14-,15+,16-,17+,18?/m1/s1. The van der Waals surface area contributed by atoms with E-state index in [9.17, 15) is 9.90 Å². The van der Waals surface area contributed by atoms with E-state index in [0.717, 1.165) is 37.9 Å². The smallest absolute Gasteiger partial charge is 0.304 e. The molecule has 0 spiro atoms.